The average molecular weight is 274 g/mol. The minimum atomic E-state index is -0.154. The monoisotopic (exact) mass is 274 g/mol. The molecule has 0 bridgehead atoms. The van der Waals surface area contributed by atoms with E-state index < -0.39 is 0 Å². The molecule has 4 heteroatoms. The number of benzene rings is 1. The van der Waals surface area contributed by atoms with Crippen LogP contribution in [0.3, 0.4) is 0 Å². The van der Waals surface area contributed by atoms with Gasteiger partial charge in [-0.05, 0) is 48.9 Å². The third-order valence-electron chi connectivity index (χ3n) is 4.46. The molecule has 1 aliphatic carbocycles. The van der Waals surface area contributed by atoms with Gasteiger partial charge in [-0.3, -0.25) is 4.79 Å². The molecule has 1 heterocycles. The summed E-state index contributed by atoms with van der Waals surface area (Å²) in [6, 6.07) is 6.01. The van der Waals surface area contributed by atoms with Gasteiger partial charge in [0.25, 0.3) is 5.91 Å². The minimum Gasteiger partial charge on any atom is -0.393 e. The third-order valence-corrected chi connectivity index (χ3v) is 4.46. The van der Waals surface area contributed by atoms with Gasteiger partial charge >= 0.3 is 0 Å². The lowest BCUT2D eigenvalue weighted by Crippen LogP contribution is -2.40. The summed E-state index contributed by atoms with van der Waals surface area (Å²) in [4.78, 5) is 14.4. The van der Waals surface area contributed by atoms with Crippen molar-refractivity contribution in [1.29, 1.82) is 0 Å². The maximum absolute atomic E-state index is 12.6. The maximum Gasteiger partial charge on any atom is 0.253 e. The summed E-state index contributed by atoms with van der Waals surface area (Å²) in [5, 5.41) is 12.7. The Kier molecular flexibility index (Phi) is 3.76. The largest absolute Gasteiger partial charge is 0.393 e. The van der Waals surface area contributed by atoms with Crippen molar-refractivity contribution in [2.45, 2.75) is 31.9 Å². The van der Waals surface area contributed by atoms with Gasteiger partial charge < -0.3 is 15.3 Å². The highest BCUT2D eigenvalue weighted by molar-refractivity contribution is 5.96. The van der Waals surface area contributed by atoms with Crippen LogP contribution in [0.4, 0.5) is 0 Å². The lowest BCUT2D eigenvalue weighted by Gasteiger charge is -2.34. The number of hydrogen-bond acceptors (Lipinski definition) is 3. The van der Waals surface area contributed by atoms with Crippen LogP contribution in [0.15, 0.2) is 18.2 Å². The fourth-order valence-corrected chi connectivity index (χ4v) is 3.26. The summed E-state index contributed by atoms with van der Waals surface area (Å²) in [7, 11) is 1.87. The molecule has 1 saturated carbocycles. The molecule has 4 nitrogen and oxygen atoms in total. The molecule has 1 aliphatic heterocycles. The van der Waals surface area contributed by atoms with Gasteiger partial charge in [0.1, 0.15) is 0 Å². The predicted molar refractivity (Wildman–Crippen MR) is 77.5 cm³/mol. The number of aliphatic hydroxyl groups is 1. The van der Waals surface area contributed by atoms with Crippen LogP contribution in [-0.4, -0.2) is 42.2 Å². The molecule has 0 aromatic heterocycles. The van der Waals surface area contributed by atoms with E-state index in [2.05, 4.69) is 11.4 Å². The van der Waals surface area contributed by atoms with E-state index in [1.165, 1.54) is 11.1 Å². The molecule has 2 aliphatic rings. The van der Waals surface area contributed by atoms with Gasteiger partial charge in [0, 0.05) is 25.7 Å². The summed E-state index contributed by atoms with van der Waals surface area (Å²) in [6.07, 6.45) is 2.43. The molecule has 1 fully saturated rings. The van der Waals surface area contributed by atoms with Crippen LogP contribution in [0.25, 0.3) is 0 Å². The minimum absolute atomic E-state index is 0.116. The maximum atomic E-state index is 12.6. The fourth-order valence-electron chi connectivity index (χ4n) is 3.26. The molecule has 0 radical (unpaired) electrons. The van der Waals surface area contributed by atoms with Crippen molar-refractivity contribution in [1.82, 2.24) is 10.2 Å². The molecule has 0 spiro atoms. The van der Waals surface area contributed by atoms with E-state index in [1.807, 2.05) is 24.1 Å². The highest BCUT2D eigenvalue weighted by Crippen LogP contribution is 2.28. The van der Waals surface area contributed by atoms with Gasteiger partial charge in [-0.2, -0.15) is 0 Å². The van der Waals surface area contributed by atoms with E-state index in [4.69, 9.17) is 0 Å². The van der Waals surface area contributed by atoms with Crippen molar-refractivity contribution < 1.29 is 9.90 Å². The zero-order valence-electron chi connectivity index (χ0n) is 11.9. The Morgan fingerprint density at radius 2 is 2.25 bits per heavy atom. The third kappa shape index (κ3) is 2.58. The van der Waals surface area contributed by atoms with Crippen LogP contribution >= 0.6 is 0 Å². The van der Waals surface area contributed by atoms with Gasteiger partial charge in [0.05, 0.1) is 6.10 Å². The number of carbonyl (C=O) groups excluding carboxylic acids is 1. The molecule has 0 unspecified atom stereocenters. The molecule has 20 heavy (non-hydrogen) atoms. The second kappa shape index (κ2) is 5.54. The van der Waals surface area contributed by atoms with E-state index in [0.29, 0.717) is 5.92 Å². The first-order valence-corrected chi connectivity index (χ1v) is 7.40. The molecule has 2 N–H and O–H groups in total. The van der Waals surface area contributed by atoms with Crippen molar-refractivity contribution in [2.75, 3.05) is 20.1 Å². The number of nitrogens with one attached hydrogen (secondary N) is 1. The van der Waals surface area contributed by atoms with Crippen molar-refractivity contribution in [2.24, 2.45) is 5.92 Å². The molecule has 1 aromatic carbocycles. The summed E-state index contributed by atoms with van der Waals surface area (Å²) in [6.45, 7) is 2.54. The first-order chi connectivity index (χ1) is 9.65. The lowest BCUT2D eigenvalue weighted by atomic mass is 9.82. The molecular formula is C16H22N2O2. The normalized spacial score (nSPS) is 24.7. The molecule has 1 aromatic rings. The quantitative estimate of drug-likeness (QED) is 0.870. The van der Waals surface area contributed by atoms with E-state index in [0.717, 1.165) is 44.5 Å². The highest BCUT2D eigenvalue weighted by atomic mass is 16.3. The first-order valence-electron chi connectivity index (χ1n) is 7.40. The van der Waals surface area contributed by atoms with Crippen molar-refractivity contribution >= 4 is 5.91 Å². The van der Waals surface area contributed by atoms with E-state index in [9.17, 15) is 9.90 Å². The second-order valence-electron chi connectivity index (χ2n) is 6.05. The zero-order valence-corrected chi connectivity index (χ0v) is 11.9. The zero-order chi connectivity index (χ0) is 14.1. The molecule has 0 atom stereocenters. The number of nitrogens with zero attached hydrogens (tertiary/aromatic N) is 1. The Balaban J connectivity index is 1.73. The van der Waals surface area contributed by atoms with Gasteiger partial charge in [-0.1, -0.05) is 12.1 Å². The molecule has 0 saturated heterocycles. The Morgan fingerprint density at radius 3 is 3.00 bits per heavy atom. The van der Waals surface area contributed by atoms with Crippen LogP contribution in [0.2, 0.25) is 0 Å². The summed E-state index contributed by atoms with van der Waals surface area (Å²) in [5.41, 5.74) is 3.30. The number of fused-ring (bicyclic) bond motifs is 1. The molecule has 108 valence electrons. The smallest absolute Gasteiger partial charge is 0.253 e. The van der Waals surface area contributed by atoms with Crippen LogP contribution in [0, 0.1) is 5.92 Å². The topological polar surface area (TPSA) is 52.6 Å². The van der Waals surface area contributed by atoms with Gasteiger partial charge in [-0.25, -0.2) is 0 Å². The van der Waals surface area contributed by atoms with E-state index >= 15 is 0 Å². The molecule has 3 rings (SSSR count). The van der Waals surface area contributed by atoms with Crippen LogP contribution in [0.5, 0.6) is 0 Å². The highest BCUT2D eigenvalue weighted by Gasteiger charge is 2.30. The van der Waals surface area contributed by atoms with Crippen LogP contribution in [-0.2, 0) is 13.0 Å². The summed E-state index contributed by atoms with van der Waals surface area (Å²) < 4.78 is 0. The second-order valence-corrected chi connectivity index (χ2v) is 6.05. The number of rotatable bonds is 3. The lowest BCUT2D eigenvalue weighted by molar-refractivity contribution is 0.0265. The van der Waals surface area contributed by atoms with E-state index in [-0.39, 0.29) is 12.0 Å². The van der Waals surface area contributed by atoms with Crippen molar-refractivity contribution in [3.05, 3.63) is 34.9 Å². The Hall–Kier alpha value is -1.39. The molecular weight excluding hydrogens is 252 g/mol. The number of amides is 1. The predicted octanol–water partition coefficient (Wildman–Crippen LogP) is 1.18. The van der Waals surface area contributed by atoms with Crippen LogP contribution < -0.4 is 5.32 Å². The van der Waals surface area contributed by atoms with E-state index in [1.54, 1.807) is 0 Å². The molecule has 1 amide bonds. The Bertz CT molecular complexity index is 509. The number of carbonyl (C=O) groups is 1. The van der Waals surface area contributed by atoms with Gasteiger partial charge in [0.15, 0.2) is 0 Å². The number of aliphatic hydroxyl groups excluding tert-OH is 1. The summed E-state index contributed by atoms with van der Waals surface area (Å²) in [5.74, 6) is 0.574. The SMILES string of the molecule is CN(CC1CC(O)C1)C(=O)c1cccc2c1CCNC2. The van der Waals surface area contributed by atoms with Crippen LogP contribution in [0.1, 0.15) is 34.3 Å². The fraction of sp³-hybridized carbons (Fsp3) is 0.562. The Labute approximate surface area is 119 Å². The number of hydrogen-bond donors (Lipinski definition) is 2. The van der Waals surface area contributed by atoms with Gasteiger partial charge in [0.2, 0.25) is 0 Å². The average Bonchev–Trinajstić information content (AvgIpc) is 2.44. The standard InChI is InChI=1S/C16H22N2O2/c1-18(10-11-7-13(19)8-11)16(20)15-4-2-3-12-9-17-6-5-14(12)15/h2-4,11,13,17,19H,5-10H2,1H3. The first kappa shape index (κ1) is 13.6. The van der Waals surface area contributed by atoms with Gasteiger partial charge in [-0.15, -0.1) is 0 Å². The Morgan fingerprint density at radius 1 is 1.45 bits per heavy atom. The van der Waals surface area contributed by atoms with Crippen molar-refractivity contribution in [3.63, 3.8) is 0 Å². The summed E-state index contributed by atoms with van der Waals surface area (Å²) >= 11 is 0. The van der Waals surface area contributed by atoms with Crippen molar-refractivity contribution in [3.8, 4) is 0 Å².